The van der Waals surface area contributed by atoms with Crippen LogP contribution >= 0.6 is 11.6 Å². The number of hydrogen-bond acceptors (Lipinski definition) is 3. The minimum Gasteiger partial charge on any atom is -0.466 e. The van der Waals surface area contributed by atoms with Gasteiger partial charge in [-0.3, -0.25) is 4.79 Å². The van der Waals surface area contributed by atoms with E-state index in [9.17, 15) is 9.59 Å². The molecule has 0 fully saturated rings. The van der Waals surface area contributed by atoms with E-state index in [2.05, 4.69) is 4.98 Å². The van der Waals surface area contributed by atoms with Crippen molar-refractivity contribution in [1.82, 2.24) is 9.38 Å². The van der Waals surface area contributed by atoms with E-state index < -0.39 is 0 Å². The molecule has 5 nitrogen and oxygen atoms in total. The van der Waals surface area contributed by atoms with Crippen LogP contribution in [0.15, 0.2) is 41.0 Å². The molecular weight excluding hydrogens is 292 g/mol. The van der Waals surface area contributed by atoms with Crippen LogP contribution in [0.25, 0.3) is 11.1 Å². The first-order chi connectivity index (χ1) is 10.1. The van der Waals surface area contributed by atoms with Gasteiger partial charge in [0.15, 0.2) is 0 Å². The van der Waals surface area contributed by atoms with E-state index in [1.165, 1.54) is 7.11 Å². The molecular formula is C15H13ClN2O3. The Morgan fingerprint density at radius 1 is 1.33 bits per heavy atom. The summed E-state index contributed by atoms with van der Waals surface area (Å²) in [7, 11) is 1.36. The molecule has 2 aromatic heterocycles. The number of esters is 1. The summed E-state index contributed by atoms with van der Waals surface area (Å²) in [5.41, 5.74) is 2.63. The highest BCUT2D eigenvalue weighted by atomic mass is 35.5. The van der Waals surface area contributed by atoms with Crippen LogP contribution in [0.3, 0.4) is 0 Å². The van der Waals surface area contributed by atoms with Crippen molar-refractivity contribution in [2.24, 2.45) is 0 Å². The highest BCUT2D eigenvalue weighted by Crippen LogP contribution is 2.26. The topological polar surface area (TPSA) is 63.6 Å². The van der Waals surface area contributed by atoms with Gasteiger partial charge in [-0.2, -0.15) is 0 Å². The summed E-state index contributed by atoms with van der Waals surface area (Å²) in [5.74, 6) is -0.313. The number of nitrogens with zero attached hydrogens (tertiary/aromatic N) is 1. The normalized spacial score (nSPS) is 14.8. The third-order valence-electron chi connectivity index (χ3n) is 3.51. The predicted molar refractivity (Wildman–Crippen MR) is 80.3 cm³/mol. The Hall–Kier alpha value is -2.27. The third-order valence-corrected chi connectivity index (χ3v) is 3.71. The smallest absolute Gasteiger partial charge is 0.333 e. The number of nitrogens with one attached hydrogen (secondary N) is 1. The number of methoxy groups -OCH3 is 1. The molecule has 6 heteroatoms. The van der Waals surface area contributed by atoms with Gasteiger partial charge in [0.25, 0.3) is 5.56 Å². The molecule has 0 unspecified atom stereocenters. The van der Waals surface area contributed by atoms with Gasteiger partial charge < -0.3 is 14.1 Å². The fourth-order valence-electron chi connectivity index (χ4n) is 2.42. The molecule has 2 aromatic rings. The van der Waals surface area contributed by atoms with Crippen LogP contribution in [0.1, 0.15) is 18.5 Å². The molecule has 0 spiro atoms. The first-order valence-corrected chi connectivity index (χ1v) is 6.85. The quantitative estimate of drug-likeness (QED) is 0.867. The van der Waals surface area contributed by atoms with Crippen LogP contribution < -0.4 is 5.56 Å². The number of aromatic amines is 1. The van der Waals surface area contributed by atoms with Crippen LogP contribution in [0.2, 0.25) is 5.02 Å². The maximum absolute atomic E-state index is 12.0. The lowest BCUT2D eigenvalue weighted by molar-refractivity contribution is -0.136. The molecule has 0 bridgehead atoms. The van der Waals surface area contributed by atoms with E-state index in [-0.39, 0.29) is 11.5 Å². The molecule has 0 saturated carbocycles. The van der Waals surface area contributed by atoms with Crippen LogP contribution in [0.4, 0.5) is 0 Å². The summed E-state index contributed by atoms with van der Waals surface area (Å²) < 4.78 is 6.40. The van der Waals surface area contributed by atoms with Gasteiger partial charge in [-0.15, -0.1) is 0 Å². The molecule has 1 aliphatic rings. The summed E-state index contributed by atoms with van der Waals surface area (Å²) in [6, 6.07) is 1.62. The number of H-pyrrole nitrogens is 1. The molecule has 3 rings (SSSR count). The molecule has 0 radical (unpaired) electrons. The summed E-state index contributed by atoms with van der Waals surface area (Å²) in [6.07, 6.45) is 8.33. The highest BCUT2D eigenvalue weighted by Gasteiger charge is 2.15. The number of ether oxygens (including phenoxy) is 1. The van der Waals surface area contributed by atoms with Crippen molar-refractivity contribution in [2.75, 3.05) is 7.11 Å². The maximum atomic E-state index is 12.0. The number of hydrogen-bond donors (Lipinski definition) is 1. The molecule has 0 aromatic carbocycles. The SMILES string of the molecule is COC(=O)C1=CC=C(c2cn3cc(Cl)cc3c(=O)[nH]2)CC1. The summed E-state index contributed by atoms with van der Waals surface area (Å²) in [4.78, 5) is 26.3. The van der Waals surface area contributed by atoms with E-state index in [0.717, 1.165) is 11.3 Å². The van der Waals surface area contributed by atoms with Crippen LogP contribution in [-0.4, -0.2) is 22.5 Å². The van der Waals surface area contributed by atoms with Crippen LogP contribution in [0.5, 0.6) is 0 Å². The van der Waals surface area contributed by atoms with Gasteiger partial charge in [0.1, 0.15) is 5.52 Å². The lowest BCUT2D eigenvalue weighted by Gasteiger charge is -2.13. The van der Waals surface area contributed by atoms with Gasteiger partial charge in [-0.1, -0.05) is 23.8 Å². The molecule has 0 saturated heterocycles. The average molecular weight is 305 g/mol. The number of fused-ring (bicyclic) bond motifs is 1. The molecule has 0 amide bonds. The monoisotopic (exact) mass is 304 g/mol. The largest absolute Gasteiger partial charge is 0.466 e. The van der Waals surface area contributed by atoms with Crippen molar-refractivity contribution in [1.29, 1.82) is 0 Å². The van der Waals surface area contributed by atoms with Crippen molar-refractivity contribution >= 4 is 28.7 Å². The lowest BCUT2D eigenvalue weighted by Crippen LogP contribution is -2.13. The van der Waals surface area contributed by atoms with E-state index >= 15 is 0 Å². The summed E-state index contributed by atoms with van der Waals surface area (Å²) >= 11 is 5.91. The first-order valence-electron chi connectivity index (χ1n) is 6.47. The zero-order valence-corrected chi connectivity index (χ0v) is 12.1. The Bertz CT molecular complexity index is 842. The zero-order valence-electron chi connectivity index (χ0n) is 11.4. The highest BCUT2D eigenvalue weighted by molar-refractivity contribution is 6.31. The Morgan fingerprint density at radius 3 is 2.81 bits per heavy atom. The number of carbonyl (C=O) groups is 1. The fraction of sp³-hybridized carbons (Fsp3) is 0.200. The lowest BCUT2D eigenvalue weighted by atomic mass is 9.96. The second kappa shape index (κ2) is 5.26. The Balaban J connectivity index is 2.02. The van der Waals surface area contributed by atoms with Crippen LogP contribution in [0, 0.1) is 0 Å². The van der Waals surface area contributed by atoms with Gasteiger partial charge in [-0.25, -0.2) is 4.79 Å². The molecule has 1 aliphatic carbocycles. The molecule has 21 heavy (non-hydrogen) atoms. The van der Waals surface area contributed by atoms with E-state index in [1.807, 2.05) is 12.3 Å². The van der Waals surface area contributed by atoms with E-state index in [1.54, 1.807) is 22.7 Å². The van der Waals surface area contributed by atoms with Crippen molar-refractivity contribution in [3.05, 3.63) is 57.3 Å². The Kier molecular flexibility index (Phi) is 3.43. The zero-order chi connectivity index (χ0) is 15.0. The predicted octanol–water partition coefficient (Wildman–Crippen LogP) is 2.56. The number of carbonyl (C=O) groups excluding carboxylic acids is 1. The first kappa shape index (κ1) is 13.7. The van der Waals surface area contributed by atoms with E-state index in [4.69, 9.17) is 16.3 Å². The minimum atomic E-state index is -0.313. The molecule has 1 N–H and O–H groups in total. The second-order valence-corrected chi connectivity index (χ2v) is 5.26. The molecule has 0 aliphatic heterocycles. The summed E-state index contributed by atoms with van der Waals surface area (Å²) in [5, 5.41) is 0.517. The van der Waals surface area contributed by atoms with Crippen molar-refractivity contribution in [2.45, 2.75) is 12.8 Å². The standard InChI is InChI=1S/C15H13ClN2O3/c1-21-15(20)10-4-2-9(3-5-10)12-8-18-7-11(16)6-13(18)14(19)17-12/h2,4,6-8H,3,5H2,1H3,(H,17,19). The Morgan fingerprint density at radius 2 is 2.14 bits per heavy atom. The number of rotatable bonds is 2. The fourth-order valence-corrected chi connectivity index (χ4v) is 2.63. The average Bonchev–Trinajstić information content (AvgIpc) is 2.87. The van der Waals surface area contributed by atoms with Crippen molar-refractivity contribution < 1.29 is 9.53 Å². The Labute approximate surface area is 125 Å². The molecule has 2 heterocycles. The number of allylic oxidation sites excluding steroid dienone is 3. The van der Waals surface area contributed by atoms with Gasteiger partial charge >= 0.3 is 5.97 Å². The van der Waals surface area contributed by atoms with E-state index in [0.29, 0.717) is 29.0 Å². The summed E-state index contributed by atoms with van der Waals surface area (Å²) in [6.45, 7) is 0. The molecule has 108 valence electrons. The van der Waals surface area contributed by atoms with Gasteiger partial charge in [-0.05, 0) is 24.5 Å². The second-order valence-electron chi connectivity index (χ2n) is 4.82. The maximum Gasteiger partial charge on any atom is 0.333 e. The number of halogens is 1. The van der Waals surface area contributed by atoms with Crippen molar-refractivity contribution in [3.8, 4) is 0 Å². The van der Waals surface area contributed by atoms with Crippen molar-refractivity contribution in [3.63, 3.8) is 0 Å². The van der Waals surface area contributed by atoms with Gasteiger partial charge in [0, 0.05) is 18.0 Å². The van der Waals surface area contributed by atoms with Crippen LogP contribution in [-0.2, 0) is 9.53 Å². The third kappa shape index (κ3) is 2.52. The minimum absolute atomic E-state index is 0.192. The van der Waals surface area contributed by atoms with Gasteiger partial charge in [0.05, 0.1) is 17.8 Å². The number of aromatic nitrogens is 2. The van der Waals surface area contributed by atoms with Gasteiger partial charge in [0.2, 0.25) is 0 Å². The molecule has 0 atom stereocenters.